The van der Waals surface area contributed by atoms with E-state index < -0.39 is 34.7 Å². The summed E-state index contributed by atoms with van der Waals surface area (Å²) in [6, 6.07) is 10.2. The van der Waals surface area contributed by atoms with Gasteiger partial charge >= 0.3 is 6.18 Å². The third-order valence-corrected chi connectivity index (χ3v) is 6.03. The van der Waals surface area contributed by atoms with Crippen LogP contribution in [0.25, 0.3) is 22.3 Å². The number of rotatable bonds is 4. The summed E-state index contributed by atoms with van der Waals surface area (Å²) >= 11 is 0. The van der Waals surface area contributed by atoms with Gasteiger partial charge in [0.2, 0.25) is 5.95 Å². The monoisotopic (exact) mass is 505 g/mol. The number of phenols is 1. The van der Waals surface area contributed by atoms with Gasteiger partial charge in [0.25, 0.3) is 0 Å². The Morgan fingerprint density at radius 1 is 1.14 bits per heavy atom. The molecule has 5 rings (SSSR count). The van der Waals surface area contributed by atoms with Crippen molar-refractivity contribution >= 4 is 17.0 Å². The average molecular weight is 505 g/mol. The Balaban J connectivity index is 1.49. The molecule has 0 aliphatic carbocycles. The summed E-state index contributed by atoms with van der Waals surface area (Å²) in [6.45, 7) is 1.49. The normalized spacial score (nSPS) is 16.6. The van der Waals surface area contributed by atoms with Crippen LogP contribution in [0.5, 0.6) is 5.75 Å². The van der Waals surface area contributed by atoms with Crippen molar-refractivity contribution in [3.63, 3.8) is 0 Å². The molecule has 1 aliphatic rings. The number of alkyl halides is 3. The number of aromatic nitrogens is 4. The zero-order valence-electron chi connectivity index (χ0n) is 18.9. The minimum atomic E-state index is -5.15. The van der Waals surface area contributed by atoms with Gasteiger partial charge in [-0.25, -0.2) is 18.4 Å². The van der Waals surface area contributed by atoms with E-state index in [0.29, 0.717) is 32.1 Å². The van der Waals surface area contributed by atoms with Crippen LogP contribution in [0.15, 0.2) is 42.6 Å². The van der Waals surface area contributed by atoms with Gasteiger partial charge in [-0.05, 0) is 11.6 Å². The van der Waals surface area contributed by atoms with E-state index in [0.717, 1.165) is 5.56 Å². The van der Waals surface area contributed by atoms with Gasteiger partial charge in [0.1, 0.15) is 5.69 Å². The Morgan fingerprint density at radius 2 is 1.89 bits per heavy atom. The number of fused-ring (bicyclic) bond motifs is 1. The zero-order chi connectivity index (χ0) is 25.6. The molecule has 7 nitrogen and oxygen atoms in total. The Bertz CT molecular complexity index is 1420. The van der Waals surface area contributed by atoms with E-state index >= 15 is 0 Å². The molecular formula is C24H20F5N5O2. The van der Waals surface area contributed by atoms with E-state index in [1.807, 2.05) is 35.2 Å². The third-order valence-electron chi connectivity index (χ3n) is 6.03. The number of aromatic hydroxyl groups is 1. The molecular weight excluding hydrogens is 485 g/mol. The van der Waals surface area contributed by atoms with Crippen molar-refractivity contribution in [2.75, 3.05) is 24.6 Å². The minimum absolute atomic E-state index is 0.0976. The fourth-order valence-corrected chi connectivity index (χ4v) is 4.28. The Hall–Kier alpha value is -3.80. The molecule has 0 saturated carbocycles. The first-order valence-electron chi connectivity index (χ1n) is 11.0. The van der Waals surface area contributed by atoms with Crippen molar-refractivity contribution in [1.29, 1.82) is 0 Å². The fraction of sp³-hybridized carbons (Fsp3) is 0.292. The predicted octanol–water partition coefficient (Wildman–Crippen LogP) is 4.48. The first-order chi connectivity index (χ1) is 17.1. The first kappa shape index (κ1) is 23.9. The Morgan fingerprint density at radius 3 is 2.61 bits per heavy atom. The van der Waals surface area contributed by atoms with Crippen molar-refractivity contribution in [1.82, 2.24) is 19.7 Å². The molecule has 0 radical (unpaired) electrons. The lowest BCUT2D eigenvalue weighted by Gasteiger charge is -2.33. The molecule has 1 atom stereocenters. The number of aryl methyl sites for hydroxylation is 1. The topological polar surface area (TPSA) is 76.3 Å². The molecule has 1 fully saturated rings. The number of hydrogen-bond acceptors (Lipinski definition) is 6. The van der Waals surface area contributed by atoms with Crippen molar-refractivity contribution < 1.29 is 31.8 Å². The lowest BCUT2D eigenvalue weighted by Crippen LogP contribution is -2.44. The SMILES string of the molecule is Cn1nc(-c2cc(C(F)(F)F)c(F)c(O)c2F)c2cnc(N3CCOC(Cc4ccccc4)C3)nc21. The van der Waals surface area contributed by atoms with E-state index in [4.69, 9.17) is 4.74 Å². The van der Waals surface area contributed by atoms with Gasteiger partial charge in [-0.2, -0.15) is 23.3 Å². The molecule has 0 amide bonds. The molecule has 1 unspecified atom stereocenters. The number of ether oxygens (including phenoxy) is 1. The number of nitrogens with zero attached hydrogens (tertiary/aromatic N) is 5. The first-order valence-corrected chi connectivity index (χ1v) is 11.0. The lowest BCUT2D eigenvalue weighted by molar-refractivity contribution is -0.140. The van der Waals surface area contributed by atoms with Crippen molar-refractivity contribution in [3.05, 3.63) is 65.4 Å². The maximum absolute atomic E-state index is 14.7. The number of phenolic OH excluding ortho intramolecular Hbond substituents is 1. The molecule has 1 saturated heterocycles. The van der Waals surface area contributed by atoms with Crippen molar-refractivity contribution in [3.8, 4) is 17.0 Å². The largest absolute Gasteiger partial charge is 0.503 e. The van der Waals surface area contributed by atoms with Gasteiger partial charge in [-0.15, -0.1) is 0 Å². The van der Waals surface area contributed by atoms with Crippen molar-refractivity contribution in [2.24, 2.45) is 7.05 Å². The zero-order valence-corrected chi connectivity index (χ0v) is 18.9. The van der Waals surface area contributed by atoms with Gasteiger partial charge < -0.3 is 14.7 Å². The van der Waals surface area contributed by atoms with Crippen LogP contribution in [-0.4, -0.2) is 50.7 Å². The van der Waals surface area contributed by atoms with Gasteiger partial charge in [0, 0.05) is 38.3 Å². The minimum Gasteiger partial charge on any atom is -0.503 e. The summed E-state index contributed by atoms with van der Waals surface area (Å²) in [5.74, 6) is -5.01. The highest BCUT2D eigenvalue weighted by Gasteiger charge is 2.38. The standard InChI is InChI=1S/C24H20F5N5O2/c1-33-22-16(20(32-33)15-10-17(24(27,28)29)19(26)21(35)18(15)25)11-30-23(31-22)34-7-8-36-14(12-34)9-13-5-3-2-4-6-13/h2-6,10-11,14,35H,7-9,12H2,1H3. The van der Waals surface area contributed by atoms with Gasteiger partial charge in [-0.3, -0.25) is 0 Å². The average Bonchev–Trinajstić information content (AvgIpc) is 3.18. The number of benzene rings is 2. The Labute approximate surface area is 201 Å². The van der Waals surface area contributed by atoms with E-state index in [-0.39, 0.29) is 28.9 Å². The molecule has 36 heavy (non-hydrogen) atoms. The quantitative estimate of drug-likeness (QED) is 0.413. The third kappa shape index (κ3) is 4.32. The maximum atomic E-state index is 14.7. The van der Waals surface area contributed by atoms with Gasteiger partial charge in [0.05, 0.1) is 23.7 Å². The molecule has 1 N–H and O–H groups in total. The van der Waals surface area contributed by atoms with E-state index in [2.05, 4.69) is 15.1 Å². The predicted molar refractivity (Wildman–Crippen MR) is 120 cm³/mol. The summed E-state index contributed by atoms with van der Waals surface area (Å²) in [6.07, 6.45) is -3.22. The molecule has 1 aliphatic heterocycles. The molecule has 2 aromatic carbocycles. The van der Waals surface area contributed by atoms with Crippen LogP contribution in [0.4, 0.5) is 27.9 Å². The molecule has 188 valence electrons. The van der Waals surface area contributed by atoms with Crippen LogP contribution in [0.1, 0.15) is 11.1 Å². The smallest absolute Gasteiger partial charge is 0.419 e. The van der Waals surface area contributed by atoms with E-state index in [1.54, 1.807) is 0 Å². The Kier molecular flexibility index (Phi) is 5.99. The number of halogens is 5. The molecule has 12 heteroatoms. The maximum Gasteiger partial charge on any atom is 0.419 e. The van der Waals surface area contributed by atoms with E-state index in [1.165, 1.54) is 17.9 Å². The number of hydrogen-bond donors (Lipinski definition) is 1. The van der Waals surface area contributed by atoms with Crippen molar-refractivity contribution in [2.45, 2.75) is 18.7 Å². The molecule has 2 aromatic heterocycles. The summed E-state index contributed by atoms with van der Waals surface area (Å²) < 4.78 is 75.5. The fourth-order valence-electron chi connectivity index (χ4n) is 4.28. The number of anilines is 1. The van der Waals surface area contributed by atoms with Crippen LogP contribution in [0.2, 0.25) is 0 Å². The number of morpholine rings is 1. The highest BCUT2D eigenvalue weighted by atomic mass is 19.4. The van der Waals surface area contributed by atoms with Gasteiger partial charge in [-0.1, -0.05) is 30.3 Å². The lowest BCUT2D eigenvalue weighted by atomic mass is 10.0. The van der Waals surface area contributed by atoms with Gasteiger partial charge in [0.15, 0.2) is 23.0 Å². The summed E-state index contributed by atoms with van der Waals surface area (Å²) in [5, 5.41) is 13.9. The molecule has 0 spiro atoms. The summed E-state index contributed by atoms with van der Waals surface area (Å²) in [5.41, 5.74) is -1.40. The second-order valence-corrected chi connectivity index (χ2v) is 8.45. The second-order valence-electron chi connectivity index (χ2n) is 8.45. The van der Waals surface area contributed by atoms with Crippen LogP contribution >= 0.6 is 0 Å². The summed E-state index contributed by atoms with van der Waals surface area (Å²) in [4.78, 5) is 10.8. The summed E-state index contributed by atoms with van der Waals surface area (Å²) in [7, 11) is 1.49. The molecule has 4 aromatic rings. The van der Waals surface area contributed by atoms with Crippen LogP contribution < -0.4 is 4.90 Å². The highest BCUT2D eigenvalue weighted by Crippen LogP contribution is 2.41. The molecule has 3 heterocycles. The second kappa shape index (κ2) is 9.01. The molecule has 0 bridgehead atoms. The van der Waals surface area contributed by atoms with Crippen LogP contribution in [0.3, 0.4) is 0 Å². The highest BCUT2D eigenvalue weighted by molar-refractivity contribution is 5.91. The van der Waals surface area contributed by atoms with Crippen LogP contribution in [-0.2, 0) is 24.4 Å². The van der Waals surface area contributed by atoms with E-state index in [9.17, 15) is 27.1 Å². The van der Waals surface area contributed by atoms with Crippen LogP contribution in [0, 0.1) is 11.6 Å².